The minimum absolute atomic E-state index is 0.702. The molecule has 1 heterocycles. The van der Waals surface area contributed by atoms with Crippen molar-refractivity contribution in [2.45, 2.75) is 23.1 Å². The maximum Gasteiger partial charge on any atom is 0.162 e. The van der Waals surface area contributed by atoms with Crippen molar-refractivity contribution < 1.29 is 9.47 Å². The highest BCUT2D eigenvalue weighted by atomic mass is 32.2. The number of benzene rings is 2. The van der Waals surface area contributed by atoms with Crippen LogP contribution in [0.15, 0.2) is 46.2 Å². The Kier molecular flexibility index (Phi) is 3.74. The Balaban J connectivity index is 1.90. The second-order valence-corrected chi connectivity index (χ2v) is 5.84. The van der Waals surface area contributed by atoms with E-state index in [2.05, 4.69) is 13.0 Å². The Labute approximate surface area is 123 Å². The zero-order valence-corrected chi connectivity index (χ0v) is 12.2. The second-order valence-electron chi connectivity index (χ2n) is 4.75. The first-order valence-electron chi connectivity index (χ1n) is 6.66. The molecule has 104 valence electrons. The van der Waals surface area contributed by atoms with Gasteiger partial charge in [-0.05, 0) is 36.8 Å². The van der Waals surface area contributed by atoms with Crippen LogP contribution in [0.2, 0.25) is 0 Å². The molecule has 0 spiro atoms. The summed E-state index contributed by atoms with van der Waals surface area (Å²) in [4.78, 5) is 2.21. The topological polar surface area (TPSA) is 44.5 Å². The van der Waals surface area contributed by atoms with Crippen molar-refractivity contribution in [2.75, 3.05) is 18.9 Å². The van der Waals surface area contributed by atoms with E-state index in [4.69, 9.17) is 15.2 Å². The van der Waals surface area contributed by atoms with E-state index in [0.29, 0.717) is 13.2 Å². The lowest BCUT2D eigenvalue weighted by Crippen LogP contribution is -1.97. The van der Waals surface area contributed by atoms with E-state index in [9.17, 15) is 0 Å². The first kappa shape index (κ1) is 13.2. The molecule has 1 aliphatic heterocycles. The van der Waals surface area contributed by atoms with Crippen LogP contribution in [0.5, 0.6) is 11.5 Å². The Hall–Kier alpha value is -1.81. The third-order valence-corrected chi connectivity index (χ3v) is 4.43. The summed E-state index contributed by atoms with van der Waals surface area (Å²) in [6.45, 7) is 3.49. The molecule has 0 fully saturated rings. The summed E-state index contributed by atoms with van der Waals surface area (Å²) in [5, 5.41) is 0. The maximum atomic E-state index is 6.06. The van der Waals surface area contributed by atoms with Gasteiger partial charge in [0.05, 0.1) is 13.2 Å². The molecule has 0 unspecified atom stereocenters. The number of anilines is 1. The van der Waals surface area contributed by atoms with Gasteiger partial charge < -0.3 is 15.2 Å². The van der Waals surface area contributed by atoms with E-state index in [1.165, 1.54) is 5.56 Å². The van der Waals surface area contributed by atoms with E-state index in [1.807, 2.05) is 30.3 Å². The highest BCUT2D eigenvalue weighted by Gasteiger charge is 2.12. The van der Waals surface area contributed by atoms with Gasteiger partial charge >= 0.3 is 0 Å². The molecule has 3 nitrogen and oxygen atoms in total. The predicted molar refractivity (Wildman–Crippen MR) is 81.8 cm³/mol. The fourth-order valence-electron chi connectivity index (χ4n) is 2.14. The Morgan fingerprint density at radius 2 is 1.85 bits per heavy atom. The molecule has 0 aromatic heterocycles. The third-order valence-electron chi connectivity index (χ3n) is 3.18. The zero-order chi connectivity index (χ0) is 13.9. The van der Waals surface area contributed by atoms with E-state index < -0.39 is 0 Å². The summed E-state index contributed by atoms with van der Waals surface area (Å²) in [5.41, 5.74) is 8.05. The smallest absolute Gasteiger partial charge is 0.162 e. The van der Waals surface area contributed by atoms with Crippen molar-refractivity contribution in [1.82, 2.24) is 0 Å². The molecule has 0 saturated heterocycles. The zero-order valence-electron chi connectivity index (χ0n) is 11.4. The van der Waals surface area contributed by atoms with E-state index in [1.54, 1.807) is 11.8 Å². The average molecular weight is 287 g/mol. The van der Waals surface area contributed by atoms with Crippen molar-refractivity contribution >= 4 is 17.4 Å². The van der Waals surface area contributed by atoms with Gasteiger partial charge in [-0.3, -0.25) is 0 Å². The van der Waals surface area contributed by atoms with Crippen molar-refractivity contribution in [2.24, 2.45) is 0 Å². The molecule has 4 heteroatoms. The van der Waals surface area contributed by atoms with Crippen LogP contribution < -0.4 is 15.2 Å². The molecular weight excluding hydrogens is 270 g/mol. The van der Waals surface area contributed by atoms with E-state index in [-0.39, 0.29) is 0 Å². The molecule has 1 aliphatic rings. The summed E-state index contributed by atoms with van der Waals surface area (Å²) in [6.07, 6.45) is 0.919. The number of rotatable bonds is 2. The number of aryl methyl sites for hydroxylation is 1. The number of ether oxygens (including phenoxy) is 2. The lowest BCUT2D eigenvalue weighted by atomic mass is 10.2. The lowest BCUT2D eigenvalue weighted by molar-refractivity contribution is 0.297. The standard InChI is InChI=1S/C16H17NO2S/c1-11-4-2-5-13(17)16(11)20-12-6-7-14-15(10-12)19-9-3-8-18-14/h2,4-7,10H,3,8-9,17H2,1H3. The van der Waals surface area contributed by atoms with Crippen LogP contribution in [0.1, 0.15) is 12.0 Å². The first-order valence-corrected chi connectivity index (χ1v) is 7.48. The molecule has 0 amide bonds. The first-order chi connectivity index (χ1) is 9.74. The van der Waals surface area contributed by atoms with Crippen LogP contribution in [0.4, 0.5) is 5.69 Å². The fraction of sp³-hybridized carbons (Fsp3) is 0.250. The van der Waals surface area contributed by atoms with Crippen LogP contribution in [-0.2, 0) is 0 Å². The summed E-state index contributed by atoms with van der Waals surface area (Å²) in [6, 6.07) is 12.0. The second kappa shape index (κ2) is 5.67. The molecular formula is C16H17NO2S. The van der Waals surface area contributed by atoms with Gasteiger partial charge in [0.15, 0.2) is 11.5 Å². The molecule has 2 aromatic rings. The minimum atomic E-state index is 0.702. The highest BCUT2D eigenvalue weighted by Crippen LogP contribution is 2.39. The van der Waals surface area contributed by atoms with Crippen molar-refractivity contribution in [3.8, 4) is 11.5 Å². The van der Waals surface area contributed by atoms with Crippen LogP contribution in [0.25, 0.3) is 0 Å². The SMILES string of the molecule is Cc1cccc(N)c1Sc1ccc2c(c1)OCCCO2. The molecule has 2 aromatic carbocycles. The number of fused-ring (bicyclic) bond motifs is 1. The van der Waals surface area contributed by atoms with Gasteiger partial charge in [-0.1, -0.05) is 23.9 Å². The number of nitrogens with two attached hydrogens (primary N) is 1. The van der Waals surface area contributed by atoms with Gasteiger partial charge in [0, 0.05) is 21.9 Å². The van der Waals surface area contributed by atoms with Gasteiger partial charge in [0.2, 0.25) is 0 Å². The fourth-order valence-corrected chi connectivity index (χ4v) is 3.09. The number of hydrogen-bond acceptors (Lipinski definition) is 4. The summed E-state index contributed by atoms with van der Waals surface area (Å²) >= 11 is 1.66. The van der Waals surface area contributed by atoms with Gasteiger partial charge in [-0.25, -0.2) is 0 Å². The maximum absolute atomic E-state index is 6.06. The van der Waals surface area contributed by atoms with Gasteiger partial charge in [0.1, 0.15) is 0 Å². The normalized spacial score (nSPS) is 13.8. The molecule has 0 radical (unpaired) electrons. The van der Waals surface area contributed by atoms with Crippen molar-refractivity contribution in [1.29, 1.82) is 0 Å². The third kappa shape index (κ3) is 2.70. The molecule has 0 saturated carbocycles. The molecule has 3 rings (SSSR count). The largest absolute Gasteiger partial charge is 0.490 e. The average Bonchev–Trinajstić information content (AvgIpc) is 2.68. The highest BCUT2D eigenvalue weighted by molar-refractivity contribution is 7.99. The van der Waals surface area contributed by atoms with Crippen LogP contribution in [0, 0.1) is 6.92 Å². The van der Waals surface area contributed by atoms with Gasteiger partial charge in [-0.15, -0.1) is 0 Å². The molecule has 2 N–H and O–H groups in total. The lowest BCUT2D eigenvalue weighted by Gasteiger charge is -2.11. The summed E-state index contributed by atoms with van der Waals surface area (Å²) in [5.74, 6) is 1.64. The van der Waals surface area contributed by atoms with E-state index in [0.717, 1.165) is 33.4 Å². The monoisotopic (exact) mass is 287 g/mol. The van der Waals surface area contributed by atoms with Crippen LogP contribution >= 0.6 is 11.8 Å². The molecule has 0 aliphatic carbocycles. The Morgan fingerprint density at radius 3 is 2.65 bits per heavy atom. The number of nitrogen functional groups attached to an aromatic ring is 1. The van der Waals surface area contributed by atoms with E-state index >= 15 is 0 Å². The van der Waals surface area contributed by atoms with Gasteiger partial charge in [0.25, 0.3) is 0 Å². The number of hydrogen-bond donors (Lipinski definition) is 1. The summed E-state index contributed by atoms with van der Waals surface area (Å²) in [7, 11) is 0. The van der Waals surface area contributed by atoms with Crippen molar-refractivity contribution in [3.05, 3.63) is 42.0 Å². The van der Waals surface area contributed by atoms with Crippen LogP contribution in [0.3, 0.4) is 0 Å². The Bertz CT molecular complexity index is 608. The van der Waals surface area contributed by atoms with Crippen LogP contribution in [-0.4, -0.2) is 13.2 Å². The van der Waals surface area contributed by atoms with Gasteiger partial charge in [-0.2, -0.15) is 0 Å². The van der Waals surface area contributed by atoms with Crippen molar-refractivity contribution in [3.63, 3.8) is 0 Å². The molecule has 20 heavy (non-hydrogen) atoms. The summed E-state index contributed by atoms with van der Waals surface area (Å²) < 4.78 is 11.4. The Morgan fingerprint density at radius 1 is 1.05 bits per heavy atom. The minimum Gasteiger partial charge on any atom is -0.490 e. The quantitative estimate of drug-likeness (QED) is 0.851. The molecule has 0 atom stereocenters. The molecule has 0 bridgehead atoms. The predicted octanol–water partition coefficient (Wildman–Crippen LogP) is 3.89.